The highest BCUT2D eigenvalue weighted by Crippen LogP contribution is 2.27. The lowest BCUT2D eigenvalue weighted by Gasteiger charge is -2.08. The number of carbonyl (C=O) groups excluding carboxylic acids is 1. The molecule has 0 bridgehead atoms. The van der Waals surface area contributed by atoms with Crippen LogP contribution in [0.3, 0.4) is 0 Å². The molecule has 1 aliphatic carbocycles. The number of hydrogen-bond donors (Lipinski definition) is 0. The Balaban J connectivity index is 2.82. The van der Waals surface area contributed by atoms with Crippen LogP contribution in [-0.2, 0) is 4.79 Å². The molecule has 0 radical (unpaired) electrons. The van der Waals surface area contributed by atoms with Crippen LogP contribution < -0.4 is 0 Å². The fourth-order valence-electron chi connectivity index (χ4n) is 0.994. The van der Waals surface area contributed by atoms with Crippen molar-refractivity contribution in [3.63, 3.8) is 0 Å². The maximum Gasteiger partial charge on any atom is 0.142 e. The lowest BCUT2D eigenvalue weighted by atomic mass is 10.0. The molecule has 0 spiro atoms. The van der Waals surface area contributed by atoms with Crippen LogP contribution in [-0.4, -0.2) is 6.29 Å². The predicted octanol–water partition coefficient (Wildman–Crippen LogP) is 2.88. The van der Waals surface area contributed by atoms with Crippen LogP contribution in [0.2, 0.25) is 0 Å². The van der Waals surface area contributed by atoms with E-state index in [0.29, 0.717) is 29.7 Å². The summed E-state index contributed by atoms with van der Waals surface area (Å²) >= 11 is 5.60. The lowest BCUT2D eigenvalue weighted by molar-refractivity contribution is -0.104. The van der Waals surface area contributed by atoms with Crippen molar-refractivity contribution in [2.24, 2.45) is 0 Å². The van der Waals surface area contributed by atoms with E-state index < -0.39 is 0 Å². The van der Waals surface area contributed by atoms with Crippen LogP contribution in [0, 0.1) is 0 Å². The van der Waals surface area contributed by atoms with Crippen LogP contribution in [0.5, 0.6) is 0 Å². The molecule has 1 aliphatic rings. The second kappa shape index (κ2) is 4.21. The number of rotatable bonds is 2. The second-order valence-corrected chi connectivity index (χ2v) is 2.95. The standard InChI is InChI=1S/C9H8ClFO/c10-8-4-3-7(2-1-5-12)9(11)6-8/h1-2,5-6H,3-4H2/b2-1+. The van der Waals surface area contributed by atoms with Crippen LogP contribution in [0.4, 0.5) is 4.39 Å². The van der Waals surface area contributed by atoms with Crippen molar-refractivity contribution in [3.05, 3.63) is 34.7 Å². The van der Waals surface area contributed by atoms with Crippen molar-refractivity contribution in [1.29, 1.82) is 0 Å². The molecule has 3 heteroatoms. The van der Waals surface area contributed by atoms with Gasteiger partial charge in [0.1, 0.15) is 12.1 Å². The van der Waals surface area contributed by atoms with Gasteiger partial charge in [-0.05, 0) is 30.6 Å². The molecule has 0 unspecified atom stereocenters. The highest BCUT2D eigenvalue weighted by atomic mass is 35.5. The predicted molar refractivity (Wildman–Crippen MR) is 46.5 cm³/mol. The Labute approximate surface area is 75.2 Å². The minimum absolute atomic E-state index is 0.343. The molecule has 0 aromatic carbocycles. The van der Waals surface area contributed by atoms with Crippen molar-refractivity contribution in [3.8, 4) is 0 Å². The molecule has 0 amide bonds. The molecular formula is C9H8ClFO. The summed E-state index contributed by atoms with van der Waals surface area (Å²) in [7, 11) is 0. The van der Waals surface area contributed by atoms with Gasteiger partial charge in [-0.2, -0.15) is 0 Å². The largest absolute Gasteiger partial charge is 0.299 e. The maximum atomic E-state index is 13.0. The van der Waals surface area contributed by atoms with Gasteiger partial charge in [0.15, 0.2) is 0 Å². The fraction of sp³-hybridized carbons (Fsp3) is 0.222. The summed E-state index contributed by atoms with van der Waals surface area (Å²) in [6, 6.07) is 0. The zero-order valence-corrected chi connectivity index (χ0v) is 7.14. The SMILES string of the molecule is O=C/C=C/C1=C(F)C=C(Cl)CC1. The normalized spacial score (nSPS) is 18.3. The van der Waals surface area contributed by atoms with E-state index in [1.807, 2.05) is 0 Å². The summed E-state index contributed by atoms with van der Waals surface area (Å²) in [5, 5.41) is 0.524. The van der Waals surface area contributed by atoms with Gasteiger partial charge in [0, 0.05) is 5.03 Å². The van der Waals surface area contributed by atoms with Crippen molar-refractivity contribution in [1.82, 2.24) is 0 Å². The molecular weight excluding hydrogens is 179 g/mol. The number of allylic oxidation sites excluding steroid dienone is 6. The first-order valence-electron chi connectivity index (χ1n) is 3.60. The molecule has 0 saturated heterocycles. The van der Waals surface area contributed by atoms with Gasteiger partial charge in [-0.15, -0.1) is 0 Å². The fourth-order valence-corrected chi connectivity index (χ4v) is 1.18. The third-order valence-corrected chi connectivity index (χ3v) is 1.90. The lowest BCUT2D eigenvalue weighted by Crippen LogP contribution is -1.91. The first-order chi connectivity index (χ1) is 5.74. The number of halogens is 2. The van der Waals surface area contributed by atoms with Crippen LogP contribution >= 0.6 is 11.6 Å². The molecule has 1 rings (SSSR count). The van der Waals surface area contributed by atoms with E-state index in [9.17, 15) is 9.18 Å². The van der Waals surface area contributed by atoms with E-state index in [2.05, 4.69) is 0 Å². The van der Waals surface area contributed by atoms with Crippen molar-refractivity contribution in [2.45, 2.75) is 12.8 Å². The van der Waals surface area contributed by atoms with E-state index in [0.717, 1.165) is 0 Å². The Morgan fingerprint density at radius 2 is 2.25 bits per heavy atom. The van der Waals surface area contributed by atoms with Gasteiger partial charge in [0.05, 0.1) is 0 Å². The van der Waals surface area contributed by atoms with Gasteiger partial charge >= 0.3 is 0 Å². The molecule has 0 saturated carbocycles. The van der Waals surface area contributed by atoms with Crippen LogP contribution in [0.25, 0.3) is 0 Å². The van der Waals surface area contributed by atoms with E-state index >= 15 is 0 Å². The van der Waals surface area contributed by atoms with E-state index in [1.165, 1.54) is 18.2 Å². The average molecular weight is 187 g/mol. The highest BCUT2D eigenvalue weighted by molar-refractivity contribution is 6.29. The molecule has 64 valence electrons. The summed E-state index contributed by atoms with van der Waals surface area (Å²) in [5.74, 6) is -0.343. The molecule has 0 N–H and O–H groups in total. The topological polar surface area (TPSA) is 17.1 Å². The summed E-state index contributed by atoms with van der Waals surface area (Å²) in [6.45, 7) is 0. The molecule has 0 aromatic rings. The quantitative estimate of drug-likeness (QED) is 0.479. The van der Waals surface area contributed by atoms with Crippen LogP contribution in [0.15, 0.2) is 34.7 Å². The average Bonchev–Trinajstić information content (AvgIpc) is 2.03. The van der Waals surface area contributed by atoms with Crippen LogP contribution in [0.1, 0.15) is 12.8 Å². The monoisotopic (exact) mass is 186 g/mol. The Bertz CT molecular complexity index is 276. The molecule has 0 aliphatic heterocycles. The van der Waals surface area contributed by atoms with Crippen molar-refractivity contribution < 1.29 is 9.18 Å². The van der Waals surface area contributed by atoms with Gasteiger partial charge in [-0.25, -0.2) is 4.39 Å². The van der Waals surface area contributed by atoms with Gasteiger partial charge in [0.2, 0.25) is 0 Å². The Morgan fingerprint density at radius 3 is 2.83 bits per heavy atom. The van der Waals surface area contributed by atoms with E-state index in [-0.39, 0.29) is 5.83 Å². The first-order valence-corrected chi connectivity index (χ1v) is 3.98. The molecule has 1 nitrogen and oxygen atoms in total. The van der Waals surface area contributed by atoms with Gasteiger partial charge < -0.3 is 0 Å². The Kier molecular flexibility index (Phi) is 3.23. The van der Waals surface area contributed by atoms with Gasteiger partial charge in [-0.1, -0.05) is 17.7 Å². The van der Waals surface area contributed by atoms with Gasteiger partial charge in [0.25, 0.3) is 0 Å². The molecule has 0 atom stereocenters. The highest BCUT2D eigenvalue weighted by Gasteiger charge is 2.09. The molecule has 0 fully saturated rings. The molecule has 0 heterocycles. The third kappa shape index (κ3) is 2.31. The summed E-state index contributed by atoms with van der Waals surface area (Å²) in [4.78, 5) is 9.95. The minimum Gasteiger partial charge on any atom is -0.299 e. The molecule has 12 heavy (non-hydrogen) atoms. The third-order valence-electron chi connectivity index (χ3n) is 1.60. The smallest absolute Gasteiger partial charge is 0.142 e. The van der Waals surface area contributed by atoms with Crippen molar-refractivity contribution >= 4 is 17.9 Å². The van der Waals surface area contributed by atoms with E-state index in [1.54, 1.807) is 0 Å². The summed E-state index contributed by atoms with van der Waals surface area (Å²) < 4.78 is 13.0. The maximum absolute atomic E-state index is 13.0. The van der Waals surface area contributed by atoms with Crippen molar-refractivity contribution in [2.75, 3.05) is 0 Å². The minimum atomic E-state index is -0.343. The summed E-state index contributed by atoms with van der Waals surface area (Å²) in [6.07, 6.45) is 5.87. The Morgan fingerprint density at radius 1 is 1.50 bits per heavy atom. The summed E-state index contributed by atoms with van der Waals surface area (Å²) in [5.41, 5.74) is 0.534. The number of hydrogen-bond acceptors (Lipinski definition) is 1. The molecule has 0 aromatic heterocycles. The zero-order valence-electron chi connectivity index (χ0n) is 6.39. The Hall–Kier alpha value is -0.890. The zero-order chi connectivity index (χ0) is 8.97. The second-order valence-electron chi connectivity index (χ2n) is 2.46. The number of carbonyl (C=O) groups is 1. The first kappa shape index (κ1) is 9.20. The van der Waals surface area contributed by atoms with Gasteiger partial charge in [-0.3, -0.25) is 4.79 Å². The van der Waals surface area contributed by atoms with E-state index in [4.69, 9.17) is 11.6 Å². The number of aldehydes is 1.